The van der Waals surface area contributed by atoms with Crippen LogP contribution in [0.3, 0.4) is 0 Å². The van der Waals surface area contributed by atoms with Crippen LogP contribution in [-0.4, -0.2) is 37.5 Å². The van der Waals surface area contributed by atoms with E-state index in [0.29, 0.717) is 29.6 Å². The lowest BCUT2D eigenvalue weighted by Gasteiger charge is -2.18. The summed E-state index contributed by atoms with van der Waals surface area (Å²) in [4.78, 5) is 13.9. The van der Waals surface area contributed by atoms with Gasteiger partial charge in [-0.25, -0.2) is 14.4 Å². The number of imidazole rings is 2. The number of aliphatic hydroxyl groups excluding tert-OH is 1. The van der Waals surface area contributed by atoms with Crippen LogP contribution in [0.4, 0.5) is 4.39 Å². The standard InChI is InChI=1S/C24H25FN4O2S/c1-4-31-15(2)29-21(14-30)28-22(17-5-9-18(25)10-6-17)23(29)24-26-13-20(27-24)16-7-11-19(32-3)12-8-16/h5-13,15,30H,4,14H2,1-3H3,(H,26,27). The van der Waals surface area contributed by atoms with Gasteiger partial charge < -0.3 is 14.8 Å². The highest BCUT2D eigenvalue weighted by atomic mass is 32.2. The van der Waals surface area contributed by atoms with E-state index in [0.717, 1.165) is 16.8 Å². The third kappa shape index (κ3) is 4.34. The largest absolute Gasteiger partial charge is 0.388 e. The number of nitrogens with one attached hydrogen (secondary N) is 1. The van der Waals surface area contributed by atoms with E-state index in [9.17, 15) is 9.50 Å². The Morgan fingerprint density at radius 1 is 1.12 bits per heavy atom. The van der Waals surface area contributed by atoms with Crippen LogP contribution in [0, 0.1) is 5.82 Å². The Kier molecular flexibility index (Phi) is 6.74. The molecule has 0 saturated carbocycles. The molecule has 1 unspecified atom stereocenters. The Labute approximate surface area is 190 Å². The summed E-state index contributed by atoms with van der Waals surface area (Å²) in [6.45, 7) is 4.04. The number of aliphatic hydroxyl groups is 1. The van der Waals surface area contributed by atoms with E-state index in [-0.39, 0.29) is 18.7 Å². The van der Waals surface area contributed by atoms with Crippen molar-refractivity contribution in [2.75, 3.05) is 12.9 Å². The smallest absolute Gasteiger partial charge is 0.156 e. The Hall–Kier alpha value is -2.94. The molecule has 2 aromatic heterocycles. The van der Waals surface area contributed by atoms with Gasteiger partial charge in [-0.15, -0.1) is 11.8 Å². The van der Waals surface area contributed by atoms with E-state index in [1.54, 1.807) is 30.1 Å². The predicted octanol–water partition coefficient (Wildman–Crippen LogP) is 5.52. The quantitative estimate of drug-likeness (QED) is 0.345. The number of thioether (sulfide) groups is 1. The maximum atomic E-state index is 13.5. The lowest BCUT2D eigenvalue weighted by Crippen LogP contribution is -2.14. The van der Waals surface area contributed by atoms with Crippen molar-refractivity contribution in [1.29, 1.82) is 0 Å². The predicted molar refractivity (Wildman–Crippen MR) is 125 cm³/mol. The number of ether oxygens (including phenoxy) is 1. The van der Waals surface area contributed by atoms with Gasteiger partial charge in [-0.1, -0.05) is 12.1 Å². The van der Waals surface area contributed by atoms with E-state index in [4.69, 9.17) is 4.74 Å². The van der Waals surface area contributed by atoms with E-state index < -0.39 is 0 Å². The highest BCUT2D eigenvalue weighted by Crippen LogP contribution is 2.35. The third-order valence-electron chi connectivity index (χ3n) is 5.22. The van der Waals surface area contributed by atoms with Crippen molar-refractivity contribution in [2.24, 2.45) is 0 Å². The molecule has 0 radical (unpaired) electrons. The number of halogens is 1. The molecule has 0 amide bonds. The summed E-state index contributed by atoms with van der Waals surface area (Å²) >= 11 is 1.69. The number of aromatic amines is 1. The number of aromatic nitrogens is 4. The number of H-pyrrole nitrogens is 1. The van der Waals surface area contributed by atoms with Crippen molar-refractivity contribution >= 4 is 11.8 Å². The van der Waals surface area contributed by atoms with Crippen LogP contribution >= 0.6 is 11.8 Å². The topological polar surface area (TPSA) is 76.0 Å². The van der Waals surface area contributed by atoms with Crippen molar-refractivity contribution in [3.63, 3.8) is 0 Å². The average molecular weight is 453 g/mol. The summed E-state index contributed by atoms with van der Waals surface area (Å²) < 4.78 is 21.2. The molecule has 2 aromatic carbocycles. The number of rotatable bonds is 8. The van der Waals surface area contributed by atoms with Crippen molar-refractivity contribution in [3.05, 3.63) is 66.4 Å². The van der Waals surface area contributed by atoms with Crippen molar-refractivity contribution < 1.29 is 14.2 Å². The van der Waals surface area contributed by atoms with Gasteiger partial charge in [0.25, 0.3) is 0 Å². The van der Waals surface area contributed by atoms with Gasteiger partial charge in [0.15, 0.2) is 5.82 Å². The minimum absolute atomic E-state index is 0.269. The van der Waals surface area contributed by atoms with Gasteiger partial charge in [-0.3, -0.25) is 4.57 Å². The second-order valence-corrected chi connectivity index (χ2v) is 8.07. The Morgan fingerprint density at radius 3 is 2.44 bits per heavy atom. The molecule has 0 spiro atoms. The van der Waals surface area contributed by atoms with Crippen molar-refractivity contribution in [3.8, 4) is 34.0 Å². The fourth-order valence-corrected chi connectivity index (χ4v) is 4.10. The Bertz CT molecular complexity index is 1190. The first-order chi connectivity index (χ1) is 15.5. The maximum absolute atomic E-state index is 13.5. The third-order valence-corrected chi connectivity index (χ3v) is 5.96. The van der Waals surface area contributed by atoms with E-state index in [2.05, 4.69) is 27.1 Å². The average Bonchev–Trinajstić information content (AvgIpc) is 3.44. The molecule has 32 heavy (non-hydrogen) atoms. The van der Waals surface area contributed by atoms with Crippen LogP contribution in [0.15, 0.2) is 59.6 Å². The summed E-state index contributed by atoms with van der Waals surface area (Å²) in [6, 6.07) is 14.3. The number of benzene rings is 2. The van der Waals surface area contributed by atoms with Gasteiger partial charge in [-0.05, 0) is 62.1 Å². The molecule has 166 valence electrons. The molecule has 0 aliphatic heterocycles. The first kappa shape index (κ1) is 22.3. The summed E-state index contributed by atoms with van der Waals surface area (Å²) in [7, 11) is 0. The molecule has 2 heterocycles. The highest BCUT2D eigenvalue weighted by Gasteiger charge is 2.25. The second-order valence-electron chi connectivity index (χ2n) is 7.19. The van der Waals surface area contributed by atoms with Crippen LogP contribution in [0.25, 0.3) is 34.0 Å². The minimum atomic E-state index is -0.381. The van der Waals surface area contributed by atoms with Gasteiger partial charge in [0, 0.05) is 17.1 Å². The Balaban J connectivity index is 1.86. The first-order valence-corrected chi connectivity index (χ1v) is 11.6. The van der Waals surface area contributed by atoms with E-state index in [1.807, 2.05) is 36.8 Å². The summed E-state index contributed by atoms with van der Waals surface area (Å²) in [5.41, 5.74) is 3.87. The fraction of sp³-hybridized carbons (Fsp3) is 0.250. The molecule has 0 aliphatic rings. The lowest BCUT2D eigenvalue weighted by molar-refractivity contribution is 0.0214. The number of nitrogens with zero attached hydrogens (tertiary/aromatic N) is 3. The number of hydrogen-bond acceptors (Lipinski definition) is 5. The van der Waals surface area contributed by atoms with E-state index in [1.165, 1.54) is 17.0 Å². The lowest BCUT2D eigenvalue weighted by atomic mass is 10.1. The van der Waals surface area contributed by atoms with Crippen LogP contribution in [0.5, 0.6) is 0 Å². The summed E-state index contributed by atoms with van der Waals surface area (Å²) in [5, 5.41) is 10.0. The van der Waals surface area contributed by atoms with Crippen LogP contribution in [0.1, 0.15) is 25.9 Å². The fourth-order valence-electron chi connectivity index (χ4n) is 3.69. The first-order valence-electron chi connectivity index (χ1n) is 10.3. The zero-order valence-corrected chi connectivity index (χ0v) is 19.0. The van der Waals surface area contributed by atoms with E-state index >= 15 is 0 Å². The van der Waals surface area contributed by atoms with Crippen molar-refractivity contribution in [1.82, 2.24) is 19.5 Å². The van der Waals surface area contributed by atoms with Gasteiger partial charge in [-0.2, -0.15) is 0 Å². The molecule has 4 rings (SSSR count). The maximum Gasteiger partial charge on any atom is 0.156 e. The van der Waals surface area contributed by atoms with Crippen LogP contribution in [-0.2, 0) is 11.3 Å². The molecule has 1 atom stereocenters. The van der Waals surface area contributed by atoms with Crippen molar-refractivity contribution in [2.45, 2.75) is 31.6 Å². The van der Waals surface area contributed by atoms with Gasteiger partial charge in [0.2, 0.25) is 0 Å². The molecule has 8 heteroatoms. The van der Waals surface area contributed by atoms with Gasteiger partial charge >= 0.3 is 0 Å². The second kappa shape index (κ2) is 9.68. The zero-order valence-electron chi connectivity index (χ0n) is 18.2. The van der Waals surface area contributed by atoms with Crippen LogP contribution in [0.2, 0.25) is 0 Å². The van der Waals surface area contributed by atoms with Gasteiger partial charge in [0.1, 0.15) is 35.9 Å². The highest BCUT2D eigenvalue weighted by molar-refractivity contribution is 7.98. The summed E-state index contributed by atoms with van der Waals surface area (Å²) in [5.74, 6) is 0.711. The molecule has 4 aromatic rings. The molecule has 2 N–H and O–H groups in total. The number of hydrogen-bond donors (Lipinski definition) is 2. The van der Waals surface area contributed by atoms with Crippen LogP contribution < -0.4 is 0 Å². The molecular weight excluding hydrogens is 427 g/mol. The normalized spacial score (nSPS) is 12.3. The minimum Gasteiger partial charge on any atom is -0.388 e. The molecule has 0 bridgehead atoms. The molecule has 0 saturated heterocycles. The molecule has 6 nitrogen and oxygen atoms in total. The zero-order chi connectivity index (χ0) is 22.7. The monoisotopic (exact) mass is 452 g/mol. The summed E-state index contributed by atoms with van der Waals surface area (Å²) in [6.07, 6.45) is 3.44. The Morgan fingerprint density at radius 2 is 1.81 bits per heavy atom. The molecular formula is C24H25FN4O2S. The molecule has 0 aliphatic carbocycles. The molecule has 0 fully saturated rings. The van der Waals surface area contributed by atoms with Gasteiger partial charge in [0.05, 0.1) is 11.9 Å². The SMILES string of the molecule is CCOC(C)n1c(CO)nc(-c2ccc(F)cc2)c1-c1ncc(-c2ccc(SC)cc2)[nH]1.